The van der Waals surface area contributed by atoms with Crippen molar-refractivity contribution in [3.05, 3.63) is 52.1 Å². The molecule has 4 rings (SSSR count). The first kappa shape index (κ1) is 24.4. The Bertz CT molecular complexity index is 1080. The minimum Gasteiger partial charge on any atom is -0.402 e. The number of aromatic nitrogens is 2. The summed E-state index contributed by atoms with van der Waals surface area (Å²) in [5.41, 5.74) is 14.4. The molecule has 34 heavy (non-hydrogen) atoms. The van der Waals surface area contributed by atoms with Gasteiger partial charge < -0.3 is 22.1 Å². The summed E-state index contributed by atoms with van der Waals surface area (Å²) in [5, 5.41) is 6.61. The van der Waals surface area contributed by atoms with E-state index >= 15 is 4.39 Å². The van der Waals surface area contributed by atoms with E-state index in [2.05, 4.69) is 30.5 Å². The van der Waals surface area contributed by atoms with E-state index in [1.165, 1.54) is 18.7 Å². The molecule has 6 N–H and O–H groups in total. The fourth-order valence-corrected chi connectivity index (χ4v) is 4.90. The van der Waals surface area contributed by atoms with Crippen LogP contribution in [0, 0.1) is 12.7 Å². The van der Waals surface area contributed by atoms with E-state index in [1.54, 1.807) is 13.0 Å². The van der Waals surface area contributed by atoms with Gasteiger partial charge in [-0.25, -0.2) is 14.4 Å². The number of hydrogen-bond donors (Lipinski definition) is 4. The summed E-state index contributed by atoms with van der Waals surface area (Å²) < 4.78 is 15.1. The van der Waals surface area contributed by atoms with E-state index in [1.807, 2.05) is 13.0 Å². The van der Waals surface area contributed by atoms with Gasteiger partial charge in [-0.2, -0.15) is 4.98 Å². The van der Waals surface area contributed by atoms with Crippen molar-refractivity contribution < 1.29 is 4.39 Å². The molecule has 10 heteroatoms. The van der Waals surface area contributed by atoms with Crippen LogP contribution in [0.3, 0.4) is 0 Å². The average Bonchev–Trinajstić information content (AvgIpc) is 3.33. The maximum atomic E-state index is 15.1. The predicted octanol–water partition coefficient (Wildman–Crippen LogP) is 3.71. The number of hydrogen-bond acceptors (Lipinski definition) is 7. The monoisotopic (exact) mass is 486 g/mol. The van der Waals surface area contributed by atoms with Gasteiger partial charge in [-0.05, 0) is 88.0 Å². The average molecular weight is 487 g/mol. The highest BCUT2D eigenvalue weighted by Gasteiger charge is 2.28. The van der Waals surface area contributed by atoms with Crippen LogP contribution in [0.4, 0.5) is 21.8 Å². The van der Waals surface area contributed by atoms with Crippen molar-refractivity contribution >= 4 is 34.9 Å². The highest BCUT2D eigenvalue weighted by Crippen LogP contribution is 2.34. The second-order valence-electron chi connectivity index (χ2n) is 9.06. The normalized spacial score (nSPS) is 20.6. The molecule has 0 spiro atoms. The summed E-state index contributed by atoms with van der Waals surface area (Å²) in [6.45, 7) is 8.01. The number of aryl methyl sites for hydroxylation is 1. The molecule has 2 saturated heterocycles. The molecule has 2 aromatic rings. The van der Waals surface area contributed by atoms with Crippen LogP contribution in [0.15, 0.2) is 35.1 Å². The number of nitrogens with one attached hydrogen (secondary N) is 2. The first-order chi connectivity index (χ1) is 16.3. The topological polar surface area (TPSA) is 117 Å². The third kappa shape index (κ3) is 5.84. The van der Waals surface area contributed by atoms with Gasteiger partial charge in [-0.15, -0.1) is 0 Å². The molecule has 0 radical (unpaired) electrons. The Hall–Kier alpha value is -2.75. The van der Waals surface area contributed by atoms with Gasteiger partial charge in [0.1, 0.15) is 16.7 Å². The number of amidine groups is 1. The largest absolute Gasteiger partial charge is 0.402 e. The number of benzene rings is 1. The summed E-state index contributed by atoms with van der Waals surface area (Å²) in [7, 11) is 0. The maximum Gasteiger partial charge on any atom is 0.229 e. The minimum atomic E-state index is -0.340. The van der Waals surface area contributed by atoms with Crippen LogP contribution >= 0.6 is 11.6 Å². The van der Waals surface area contributed by atoms with Crippen LogP contribution in [0.25, 0.3) is 0 Å². The highest BCUT2D eigenvalue weighted by atomic mass is 35.5. The van der Waals surface area contributed by atoms with Gasteiger partial charge in [0.15, 0.2) is 5.82 Å². The number of likely N-dealkylation sites (tertiary alicyclic amines) is 1. The Labute approximate surface area is 204 Å². The number of anilines is 2. The molecule has 8 nitrogen and oxygen atoms in total. The molecule has 2 aliphatic heterocycles. The first-order valence-electron chi connectivity index (χ1n) is 11.6. The van der Waals surface area contributed by atoms with Crippen molar-refractivity contribution in [1.29, 1.82) is 0 Å². The first-order valence-corrected chi connectivity index (χ1v) is 12.0. The molecule has 1 unspecified atom stereocenters. The highest BCUT2D eigenvalue weighted by molar-refractivity contribution is 6.32. The Morgan fingerprint density at radius 3 is 2.74 bits per heavy atom. The van der Waals surface area contributed by atoms with Crippen LogP contribution in [-0.4, -0.2) is 52.9 Å². The number of aliphatic imine (C=N–C) groups is 1. The Balaban J connectivity index is 1.47. The Kier molecular flexibility index (Phi) is 7.65. The molecule has 1 atom stereocenters. The fraction of sp³-hybridized carbons (Fsp3) is 0.458. The van der Waals surface area contributed by atoms with Crippen LogP contribution in [-0.2, 0) is 0 Å². The zero-order chi connectivity index (χ0) is 24.2. The van der Waals surface area contributed by atoms with Gasteiger partial charge in [0.05, 0.1) is 11.9 Å². The molecule has 182 valence electrons. The van der Waals surface area contributed by atoms with Crippen molar-refractivity contribution in [1.82, 2.24) is 20.2 Å². The number of allylic oxidation sites excluding steroid dienone is 1. The Morgan fingerprint density at radius 1 is 1.29 bits per heavy atom. The quantitative estimate of drug-likeness (QED) is 0.363. The number of rotatable bonds is 6. The van der Waals surface area contributed by atoms with Crippen molar-refractivity contribution in [3.63, 3.8) is 0 Å². The maximum absolute atomic E-state index is 15.1. The molecule has 3 heterocycles. The molecule has 1 aromatic heterocycles. The Morgan fingerprint density at radius 2 is 2.06 bits per heavy atom. The second-order valence-corrected chi connectivity index (χ2v) is 9.47. The summed E-state index contributed by atoms with van der Waals surface area (Å²) in [5.74, 6) is 0.533. The van der Waals surface area contributed by atoms with E-state index in [0.29, 0.717) is 23.3 Å². The van der Waals surface area contributed by atoms with Gasteiger partial charge in [0, 0.05) is 18.3 Å². The molecule has 0 amide bonds. The van der Waals surface area contributed by atoms with Gasteiger partial charge in [-0.3, -0.25) is 4.90 Å². The molecule has 0 bridgehead atoms. The standard InChI is InChI=1S/C24H32ClFN8/c1-14-9-21(31-24-30-13-19(25)23(33-24)32-22(28)10-15(2)27)20(26)11-18(14)16-4-7-34(8-5-16)17-3-6-29-12-17/h9-11,13,16-17,29H,3-8,12,27H2,1-2H3,(H3,28,30,31,32,33)/b15-10-. The van der Waals surface area contributed by atoms with Crippen LogP contribution in [0.2, 0.25) is 5.02 Å². The van der Waals surface area contributed by atoms with Crippen LogP contribution in [0.1, 0.15) is 43.2 Å². The molecule has 1 aromatic carbocycles. The lowest BCUT2D eigenvalue weighted by atomic mass is 9.86. The van der Waals surface area contributed by atoms with Crippen molar-refractivity contribution in [2.24, 2.45) is 16.5 Å². The fourth-order valence-electron chi connectivity index (χ4n) is 4.76. The SMILES string of the molecule is C/C(N)=C/C(N)=Nc1nc(Nc2cc(C)c(C3CCN(C4CCNC4)CC3)cc2F)ncc1Cl. The number of piperidine rings is 1. The van der Waals surface area contributed by atoms with Crippen LogP contribution < -0.4 is 22.1 Å². The number of halogens is 2. The van der Waals surface area contributed by atoms with E-state index in [-0.39, 0.29) is 28.4 Å². The minimum absolute atomic E-state index is 0.160. The van der Waals surface area contributed by atoms with Crippen molar-refractivity contribution in [2.45, 2.75) is 45.1 Å². The van der Waals surface area contributed by atoms with Crippen LogP contribution in [0.5, 0.6) is 0 Å². The smallest absolute Gasteiger partial charge is 0.229 e. The summed E-state index contributed by atoms with van der Waals surface area (Å²) in [4.78, 5) is 15.2. The zero-order valence-corrected chi connectivity index (χ0v) is 20.4. The lowest BCUT2D eigenvalue weighted by molar-refractivity contribution is 0.161. The molecular formula is C24H32ClFN8. The zero-order valence-electron chi connectivity index (χ0n) is 19.6. The lowest BCUT2D eigenvalue weighted by Crippen LogP contribution is -2.42. The number of nitrogens with two attached hydrogens (primary N) is 2. The lowest BCUT2D eigenvalue weighted by Gasteiger charge is -2.36. The summed E-state index contributed by atoms with van der Waals surface area (Å²) >= 11 is 6.15. The van der Waals surface area contributed by atoms with Crippen molar-refractivity contribution in [3.8, 4) is 0 Å². The van der Waals surface area contributed by atoms with E-state index in [9.17, 15) is 0 Å². The third-order valence-electron chi connectivity index (χ3n) is 6.46. The number of nitrogens with zero attached hydrogens (tertiary/aromatic N) is 4. The van der Waals surface area contributed by atoms with E-state index < -0.39 is 0 Å². The van der Waals surface area contributed by atoms with Gasteiger partial charge in [0.2, 0.25) is 5.95 Å². The molecular weight excluding hydrogens is 455 g/mol. The second kappa shape index (κ2) is 10.7. The molecule has 2 fully saturated rings. The molecule has 2 aliphatic rings. The van der Waals surface area contributed by atoms with Gasteiger partial charge in [-0.1, -0.05) is 11.6 Å². The molecule has 0 saturated carbocycles. The third-order valence-corrected chi connectivity index (χ3v) is 6.73. The molecule has 0 aliphatic carbocycles. The van der Waals surface area contributed by atoms with E-state index in [0.717, 1.165) is 50.1 Å². The predicted molar refractivity (Wildman–Crippen MR) is 136 cm³/mol. The summed E-state index contributed by atoms with van der Waals surface area (Å²) in [6.07, 6.45) is 6.21. The van der Waals surface area contributed by atoms with Crippen molar-refractivity contribution in [2.75, 3.05) is 31.5 Å². The van der Waals surface area contributed by atoms with Gasteiger partial charge in [0.25, 0.3) is 0 Å². The van der Waals surface area contributed by atoms with Gasteiger partial charge >= 0.3 is 0 Å². The van der Waals surface area contributed by atoms with E-state index in [4.69, 9.17) is 23.1 Å². The summed E-state index contributed by atoms with van der Waals surface area (Å²) in [6, 6.07) is 4.11.